The molecule has 0 saturated carbocycles. The number of nitrogens with zero attached hydrogens (tertiary/aromatic N) is 2. The summed E-state index contributed by atoms with van der Waals surface area (Å²) in [6.07, 6.45) is 7.05. The largest absolute Gasteiger partial charge is 0.394 e. The van der Waals surface area contributed by atoms with Gasteiger partial charge in [-0.1, -0.05) is 49.4 Å². The van der Waals surface area contributed by atoms with Gasteiger partial charge in [0.1, 0.15) is 0 Å². The van der Waals surface area contributed by atoms with Crippen LogP contribution in [0.4, 0.5) is 11.4 Å². The van der Waals surface area contributed by atoms with E-state index < -0.39 is 17.4 Å². The zero-order valence-electron chi connectivity index (χ0n) is 22.9. The third-order valence-corrected chi connectivity index (χ3v) is 8.37. The van der Waals surface area contributed by atoms with E-state index in [4.69, 9.17) is 0 Å². The monoisotopic (exact) mass is 546 g/mol. The number of aliphatic hydroxyl groups excluding tert-OH is 1. The Morgan fingerprint density at radius 2 is 2.00 bits per heavy atom. The first-order chi connectivity index (χ1) is 19.3. The van der Waals surface area contributed by atoms with E-state index >= 15 is 0 Å². The van der Waals surface area contributed by atoms with Crippen molar-refractivity contribution in [3.05, 3.63) is 71.8 Å². The molecule has 2 aromatic rings. The van der Waals surface area contributed by atoms with Crippen LogP contribution in [0.1, 0.15) is 50.2 Å². The fourth-order valence-electron chi connectivity index (χ4n) is 6.11. The number of amides is 3. The number of rotatable bonds is 9. The molecule has 0 aromatic heterocycles. The molecule has 212 valence electrons. The first-order valence-corrected chi connectivity index (χ1v) is 14.2. The van der Waals surface area contributed by atoms with E-state index in [0.717, 1.165) is 37.8 Å². The molecule has 0 aliphatic carbocycles. The number of hydrogen-bond donors (Lipinski definition) is 4. The highest BCUT2D eigenvalue weighted by atomic mass is 16.3. The van der Waals surface area contributed by atoms with E-state index in [1.807, 2.05) is 36.4 Å². The summed E-state index contributed by atoms with van der Waals surface area (Å²) in [6, 6.07) is 14.3. The van der Waals surface area contributed by atoms with Crippen molar-refractivity contribution in [3.63, 3.8) is 0 Å². The van der Waals surface area contributed by atoms with E-state index in [1.54, 1.807) is 41.0 Å². The van der Waals surface area contributed by atoms with Crippen LogP contribution in [-0.2, 0) is 26.5 Å². The average molecular weight is 547 g/mol. The van der Waals surface area contributed by atoms with Crippen LogP contribution in [0.5, 0.6) is 0 Å². The first kappa shape index (κ1) is 28.0. The minimum absolute atomic E-state index is 0.0419. The van der Waals surface area contributed by atoms with Crippen LogP contribution in [0.3, 0.4) is 0 Å². The Hall–Kier alpha value is -3.53. The maximum absolute atomic E-state index is 13.8. The Labute approximate surface area is 234 Å². The van der Waals surface area contributed by atoms with Crippen LogP contribution in [0, 0.1) is 5.92 Å². The lowest BCUT2D eigenvalue weighted by Gasteiger charge is -2.28. The number of para-hydroxylation sites is 1. The van der Waals surface area contributed by atoms with E-state index in [1.165, 1.54) is 0 Å². The van der Waals surface area contributed by atoms with Gasteiger partial charge in [0.05, 0.1) is 30.9 Å². The molecule has 0 bridgehead atoms. The quantitative estimate of drug-likeness (QED) is 0.359. The molecule has 4 N–H and O–H groups in total. The molecule has 9 heteroatoms. The summed E-state index contributed by atoms with van der Waals surface area (Å²) in [5.41, 5.74) is 0.868. The Morgan fingerprint density at radius 1 is 1.18 bits per heavy atom. The summed E-state index contributed by atoms with van der Waals surface area (Å²) in [4.78, 5) is 42.4. The van der Waals surface area contributed by atoms with Gasteiger partial charge in [0.25, 0.3) is 5.91 Å². The Bertz CT molecular complexity index is 1290. The van der Waals surface area contributed by atoms with Crippen LogP contribution in [0.25, 0.3) is 0 Å². The van der Waals surface area contributed by atoms with Crippen molar-refractivity contribution in [1.82, 2.24) is 10.2 Å². The highest BCUT2D eigenvalue weighted by Gasteiger charge is 2.52. The van der Waals surface area contributed by atoms with Crippen molar-refractivity contribution in [3.8, 4) is 0 Å². The number of nitrogens with one attached hydrogen (secondary N) is 2. The lowest BCUT2D eigenvalue weighted by molar-refractivity contribution is -0.139. The number of benzene rings is 2. The Morgan fingerprint density at radius 3 is 2.77 bits per heavy atom. The summed E-state index contributed by atoms with van der Waals surface area (Å²) in [7, 11) is 0. The molecule has 0 spiro atoms. The second kappa shape index (κ2) is 11.9. The lowest BCUT2D eigenvalue weighted by atomic mass is 9.83. The van der Waals surface area contributed by atoms with Gasteiger partial charge < -0.3 is 30.6 Å². The smallest absolute Gasteiger partial charge is 0.264 e. The van der Waals surface area contributed by atoms with Gasteiger partial charge in [0.15, 0.2) is 5.60 Å². The van der Waals surface area contributed by atoms with Gasteiger partial charge >= 0.3 is 0 Å². The molecule has 3 amide bonds. The molecule has 4 atom stereocenters. The minimum Gasteiger partial charge on any atom is -0.394 e. The van der Waals surface area contributed by atoms with Crippen molar-refractivity contribution in [2.45, 2.75) is 63.3 Å². The standard InChI is InChI=1S/C31H38N4O5/c1-21(8-4-15-28(37)34-17-7-11-24(34)20-36)31(40)25-12-2-3-14-27(25)35(30(31)39)19-22-9-5-10-23(18-22)33-29(38)26-13-6-16-32-26/h2-5,8-10,12,14,18,21,24,26,32,36,40H,6-7,11,13,15-17,19-20H2,1H3,(H,33,38)/b8-4+/t21-,24+,26-,31+/m1/s1. The number of likely N-dealkylation sites (tertiary alicyclic amines) is 1. The molecule has 0 unspecified atom stereocenters. The van der Waals surface area contributed by atoms with Crippen LogP contribution in [0.15, 0.2) is 60.7 Å². The van der Waals surface area contributed by atoms with Gasteiger partial charge in [-0.25, -0.2) is 0 Å². The van der Waals surface area contributed by atoms with Crippen molar-refractivity contribution in [2.24, 2.45) is 5.92 Å². The zero-order valence-corrected chi connectivity index (χ0v) is 22.9. The number of hydrogen-bond acceptors (Lipinski definition) is 6. The topological polar surface area (TPSA) is 122 Å². The van der Waals surface area contributed by atoms with E-state index in [9.17, 15) is 24.6 Å². The highest BCUT2D eigenvalue weighted by Crippen LogP contribution is 2.45. The summed E-state index contributed by atoms with van der Waals surface area (Å²) in [5.74, 6) is -1.15. The lowest BCUT2D eigenvalue weighted by Crippen LogP contribution is -2.44. The molecule has 9 nitrogen and oxygen atoms in total. The zero-order chi connectivity index (χ0) is 28.3. The highest BCUT2D eigenvalue weighted by molar-refractivity contribution is 6.07. The van der Waals surface area contributed by atoms with Crippen molar-refractivity contribution in [2.75, 3.05) is 29.9 Å². The maximum atomic E-state index is 13.8. The fourth-order valence-corrected chi connectivity index (χ4v) is 6.11. The van der Waals surface area contributed by atoms with Gasteiger partial charge in [-0.2, -0.15) is 0 Å². The Kier molecular flexibility index (Phi) is 8.35. The molecule has 2 saturated heterocycles. The van der Waals surface area contributed by atoms with Crippen molar-refractivity contribution in [1.29, 1.82) is 0 Å². The fraction of sp³-hybridized carbons (Fsp3) is 0.452. The SMILES string of the molecule is C[C@H](/C=C/CC(=O)N1CCC[C@H]1CO)[C@@]1(O)C(=O)N(Cc2cccc(NC(=O)[C@H]3CCCN3)c2)c2ccccc21. The molecule has 3 aliphatic heterocycles. The molecule has 3 aliphatic rings. The van der Waals surface area contributed by atoms with Crippen molar-refractivity contribution >= 4 is 29.1 Å². The summed E-state index contributed by atoms with van der Waals surface area (Å²) < 4.78 is 0. The third kappa shape index (κ3) is 5.41. The normalized spacial score (nSPS) is 25.0. The Balaban J connectivity index is 1.30. The third-order valence-electron chi connectivity index (χ3n) is 8.37. The van der Waals surface area contributed by atoms with Gasteiger partial charge in [0.2, 0.25) is 11.8 Å². The van der Waals surface area contributed by atoms with Crippen LogP contribution >= 0.6 is 0 Å². The molecular formula is C31H38N4O5. The van der Waals surface area contributed by atoms with E-state index in [-0.39, 0.29) is 43.5 Å². The van der Waals surface area contributed by atoms with E-state index in [2.05, 4.69) is 10.6 Å². The molecule has 2 aromatic carbocycles. The minimum atomic E-state index is -1.78. The molecular weight excluding hydrogens is 508 g/mol. The van der Waals surface area contributed by atoms with Gasteiger partial charge in [0, 0.05) is 30.1 Å². The number of carbonyl (C=O) groups is 3. The number of anilines is 2. The summed E-state index contributed by atoms with van der Waals surface area (Å²) in [5, 5.41) is 27.5. The summed E-state index contributed by atoms with van der Waals surface area (Å²) in [6.45, 7) is 3.44. The summed E-state index contributed by atoms with van der Waals surface area (Å²) >= 11 is 0. The predicted octanol–water partition coefficient (Wildman–Crippen LogP) is 2.68. The molecule has 5 rings (SSSR count). The molecule has 3 heterocycles. The average Bonchev–Trinajstić information content (AvgIpc) is 3.71. The molecule has 0 radical (unpaired) electrons. The van der Waals surface area contributed by atoms with Crippen molar-refractivity contribution < 1.29 is 24.6 Å². The number of carbonyl (C=O) groups excluding carboxylic acids is 3. The predicted molar refractivity (Wildman–Crippen MR) is 152 cm³/mol. The first-order valence-electron chi connectivity index (χ1n) is 14.2. The second-order valence-corrected chi connectivity index (χ2v) is 11.0. The number of aliphatic hydroxyl groups is 2. The number of fused-ring (bicyclic) bond motifs is 1. The van der Waals surface area contributed by atoms with Gasteiger partial charge in [-0.3, -0.25) is 14.4 Å². The van der Waals surface area contributed by atoms with E-state index in [0.29, 0.717) is 23.5 Å². The second-order valence-electron chi connectivity index (χ2n) is 11.0. The van der Waals surface area contributed by atoms with Crippen LogP contribution < -0.4 is 15.5 Å². The molecule has 2 fully saturated rings. The van der Waals surface area contributed by atoms with Crippen LogP contribution in [-0.4, -0.2) is 64.6 Å². The molecule has 40 heavy (non-hydrogen) atoms. The van der Waals surface area contributed by atoms with Crippen LogP contribution in [0.2, 0.25) is 0 Å². The van der Waals surface area contributed by atoms with Gasteiger partial charge in [-0.05, 0) is 56.0 Å². The maximum Gasteiger partial charge on any atom is 0.264 e. The van der Waals surface area contributed by atoms with Gasteiger partial charge in [-0.15, -0.1) is 0 Å².